The fourth-order valence-electron chi connectivity index (χ4n) is 3.74. The number of carbonyl (C=O) groups is 1. The van der Waals surface area contributed by atoms with Crippen LogP contribution in [0.4, 0.5) is 0 Å². The Bertz CT molecular complexity index is 727. The number of thioether (sulfide) groups is 2. The van der Waals surface area contributed by atoms with Gasteiger partial charge in [-0.05, 0) is 75.0 Å². The molecule has 0 aliphatic carbocycles. The van der Waals surface area contributed by atoms with Crippen LogP contribution in [0, 0.1) is 0 Å². The highest BCUT2D eigenvalue weighted by atomic mass is 32.2. The second-order valence-corrected chi connectivity index (χ2v) is 11.0. The van der Waals surface area contributed by atoms with Gasteiger partial charge in [-0.25, -0.2) is 4.79 Å². The zero-order chi connectivity index (χ0) is 22.7. The molecule has 0 spiro atoms. The van der Waals surface area contributed by atoms with Crippen molar-refractivity contribution in [2.45, 2.75) is 62.1 Å². The molecule has 0 aromatic heterocycles. The highest BCUT2D eigenvalue weighted by Gasteiger charge is 2.32. The van der Waals surface area contributed by atoms with Gasteiger partial charge in [-0.3, -0.25) is 0 Å². The maximum absolute atomic E-state index is 12.3. The number of methoxy groups -OCH3 is 3. The molecule has 1 fully saturated rings. The number of carbonyl (C=O) groups excluding carboxylic acids is 1. The highest BCUT2D eigenvalue weighted by Crippen LogP contribution is 2.49. The zero-order valence-electron chi connectivity index (χ0n) is 19.1. The molecule has 1 aromatic rings. The van der Waals surface area contributed by atoms with Gasteiger partial charge in [0.15, 0.2) is 0 Å². The quantitative estimate of drug-likeness (QED) is 0.307. The van der Waals surface area contributed by atoms with Crippen LogP contribution in [0.3, 0.4) is 0 Å². The Kier molecular flexibility index (Phi) is 11.1. The van der Waals surface area contributed by atoms with Crippen molar-refractivity contribution in [1.29, 1.82) is 0 Å². The number of aliphatic hydroxyl groups excluding tert-OH is 1. The van der Waals surface area contributed by atoms with E-state index in [0.717, 1.165) is 44.1 Å². The van der Waals surface area contributed by atoms with Crippen molar-refractivity contribution in [3.63, 3.8) is 0 Å². The summed E-state index contributed by atoms with van der Waals surface area (Å²) in [6.45, 7) is 1.87. The standard InChI is InChI=1S/C24H36O5S2/c1-18(25)10-8-13-24(30-14-9-15-31-24)12-7-5-6-11-19-16-20(27-2)17-21(28-3)22(19)23(26)29-4/h6,11,16-18,25H,5,7-10,12-15H2,1-4H3/b11-6+. The summed E-state index contributed by atoms with van der Waals surface area (Å²) in [5.74, 6) is 3.10. The van der Waals surface area contributed by atoms with Crippen LogP contribution >= 0.6 is 23.5 Å². The van der Waals surface area contributed by atoms with Crippen LogP contribution in [-0.4, -0.2) is 54.1 Å². The predicted molar refractivity (Wildman–Crippen MR) is 132 cm³/mol. The zero-order valence-corrected chi connectivity index (χ0v) is 20.8. The SMILES string of the molecule is COC(=O)c1c(/C=C/CCCC2(CCCC(C)O)SCCCS2)cc(OC)cc1OC. The van der Waals surface area contributed by atoms with Crippen molar-refractivity contribution < 1.29 is 24.1 Å². The number of aliphatic hydroxyl groups is 1. The lowest BCUT2D eigenvalue weighted by Gasteiger charge is -2.36. The highest BCUT2D eigenvalue weighted by molar-refractivity contribution is 8.18. The lowest BCUT2D eigenvalue weighted by atomic mass is 10.0. The molecule has 1 unspecified atom stereocenters. The normalized spacial score (nSPS) is 16.8. The fourth-order valence-corrected chi connectivity index (χ4v) is 7.23. The molecule has 0 amide bonds. The number of allylic oxidation sites excluding steroid dienone is 1. The first-order chi connectivity index (χ1) is 14.9. The summed E-state index contributed by atoms with van der Waals surface area (Å²) < 4.78 is 16.0. The van der Waals surface area contributed by atoms with E-state index in [4.69, 9.17) is 14.2 Å². The van der Waals surface area contributed by atoms with Gasteiger partial charge in [0.1, 0.15) is 17.1 Å². The Hall–Kier alpha value is -1.31. The summed E-state index contributed by atoms with van der Waals surface area (Å²) in [5, 5.41) is 9.60. The van der Waals surface area contributed by atoms with E-state index < -0.39 is 5.97 Å². The number of unbranched alkanes of at least 4 members (excludes halogenated alkanes) is 1. The van der Waals surface area contributed by atoms with Gasteiger partial charge < -0.3 is 19.3 Å². The van der Waals surface area contributed by atoms with Crippen LogP contribution in [0.1, 0.15) is 67.8 Å². The van der Waals surface area contributed by atoms with Crippen LogP contribution in [0.15, 0.2) is 18.2 Å². The maximum atomic E-state index is 12.3. The number of rotatable bonds is 12. The van der Waals surface area contributed by atoms with E-state index >= 15 is 0 Å². The summed E-state index contributed by atoms with van der Waals surface area (Å²) in [6, 6.07) is 3.52. The van der Waals surface area contributed by atoms with Crippen LogP contribution < -0.4 is 9.47 Å². The topological polar surface area (TPSA) is 65.0 Å². The van der Waals surface area contributed by atoms with E-state index in [0.29, 0.717) is 17.1 Å². The summed E-state index contributed by atoms with van der Waals surface area (Å²) >= 11 is 4.20. The van der Waals surface area contributed by atoms with Crippen molar-refractivity contribution in [2.75, 3.05) is 32.8 Å². The van der Waals surface area contributed by atoms with Gasteiger partial charge in [-0.2, -0.15) is 0 Å². The second-order valence-electron chi connectivity index (χ2n) is 7.78. The van der Waals surface area contributed by atoms with E-state index in [9.17, 15) is 9.90 Å². The summed E-state index contributed by atoms with van der Waals surface area (Å²) in [5.41, 5.74) is 1.14. The van der Waals surface area contributed by atoms with E-state index in [1.165, 1.54) is 32.1 Å². The molecule has 0 saturated carbocycles. The second kappa shape index (κ2) is 13.3. The molecule has 0 radical (unpaired) electrons. The Balaban J connectivity index is 2.03. The van der Waals surface area contributed by atoms with Gasteiger partial charge in [-0.15, -0.1) is 23.5 Å². The molecule has 2 rings (SSSR count). The molecular formula is C24H36O5S2. The monoisotopic (exact) mass is 468 g/mol. The van der Waals surface area contributed by atoms with Crippen molar-refractivity contribution in [3.8, 4) is 11.5 Å². The third-order valence-electron chi connectivity index (χ3n) is 5.38. The first-order valence-electron chi connectivity index (χ1n) is 10.9. The molecule has 1 N–H and O–H groups in total. The molecule has 7 heteroatoms. The number of hydrogen-bond donors (Lipinski definition) is 1. The fraction of sp³-hybridized carbons (Fsp3) is 0.625. The Morgan fingerprint density at radius 1 is 1.16 bits per heavy atom. The lowest BCUT2D eigenvalue weighted by molar-refractivity contribution is 0.0596. The van der Waals surface area contributed by atoms with Crippen molar-refractivity contribution in [1.82, 2.24) is 0 Å². The number of hydrogen-bond acceptors (Lipinski definition) is 7. The van der Waals surface area contributed by atoms with Gasteiger partial charge in [0.25, 0.3) is 0 Å². The van der Waals surface area contributed by atoms with Gasteiger partial charge in [0.2, 0.25) is 0 Å². The van der Waals surface area contributed by atoms with Crippen molar-refractivity contribution >= 4 is 35.6 Å². The maximum Gasteiger partial charge on any atom is 0.342 e. The third-order valence-corrected chi connectivity index (χ3v) is 8.94. The molecule has 5 nitrogen and oxygen atoms in total. The molecular weight excluding hydrogens is 432 g/mol. The van der Waals surface area contributed by atoms with Crippen molar-refractivity contribution in [3.05, 3.63) is 29.3 Å². The van der Waals surface area contributed by atoms with E-state index in [1.807, 2.05) is 19.1 Å². The molecule has 1 aliphatic rings. The Morgan fingerprint density at radius 3 is 2.48 bits per heavy atom. The van der Waals surface area contributed by atoms with E-state index in [1.54, 1.807) is 13.2 Å². The summed E-state index contributed by atoms with van der Waals surface area (Å²) in [6.07, 6.45) is 11.4. The first kappa shape index (κ1) is 25.9. The number of ether oxygens (including phenoxy) is 3. The minimum absolute atomic E-state index is 0.220. The average Bonchev–Trinajstić information content (AvgIpc) is 2.78. The minimum Gasteiger partial charge on any atom is -0.497 e. The lowest BCUT2D eigenvalue weighted by Crippen LogP contribution is -2.25. The van der Waals surface area contributed by atoms with Gasteiger partial charge in [-0.1, -0.05) is 12.2 Å². The van der Waals surface area contributed by atoms with Crippen LogP contribution in [-0.2, 0) is 4.74 Å². The largest absolute Gasteiger partial charge is 0.497 e. The van der Waals surface area contributed by atoms with Gasteiger partial charge in [0.05, 0.1) is 31.5 Å². The molecule has 0 bridgehead atoms. The van der Waals surface area contributed by atoms with Crippen LogP contribution in [0.5, 0.6) is 11.5 Å². The number of esters is 1. The number of benzene rings is 1. The molecule has 174 valence electrons. The molecule has 31 heavy (non-hydrogen) atoms. The smallest absolute Gasteiger partial charge is 0.342 e. The minimum atomic E-state index is -0.425. The van der Waals surface area contributed by atoms with Crippen LogP contribution in [0.25, 0.3) is 6.08 Å². The molecule has 1 saturated heterocycles. The summed E-state index contributed by atoms with van der Waals surface area (Å²) in [4.78, 5) is 12.3. The molecule has 1 aliphatic heterocycles. The van der Waals surface area contributed by atoms with Gasteiger partial charge >= 0.3 is 5.97 Å². The molecule has 1 heterocycles. The molecule has 1 aromatic carbocycles. The summed E-state index contributed by atoms with van der Waals surface area (Å²) in [7, 11) is 4.50. The van der Waals surface area contributed by atoms with Crippen LogP contribution in [0.2, 0.25) is 0 Å². The Labute approximate surface area is 195 Å². The predicted octanol–water partition coefficient (Wildman–Crippen LogP) is 5.79. The Morgan fingerprint density at radius 2 is 1.87 bits per heavy atom. The third kappa shape index (κ3) is 7.95. The van der Waals surface area contributed by atoms with E-state index in [2.05, 4.69) is 29.6 Å². The van der Waals surface area contributed by atoms with Gasteiger partial charge in [0, 0.05) is 6.07 Å². The average molecular weight is 469 g/mol. The first-order valence-corrected chi connectivity index (χ1v) is 12.9. The van der Waals surface area contributed by atoms with Crippen molar-refractivity contribution in [2.24, 2.45) is 0 Å². The molecule has 1 atom stereocenters. The van der Waals surface area contributed by atoms with E-state index in [-0.39, 0.29) is 10.2 Å².